The van der Waals surface area contributed by atoms with E-state index in [1.165, 1.54) is 0 Å². The van der Waals surface area contributed by atoms with Crippen LogP contribution in [0.15, 0.2) is 36.7 Å². The van der Waals surface area contributed by atoms with E-state index in [4.69, 9.17) is 5.73 Å². The lowest BCUT2D eigenvalue weighted by molar-refractivity contribution is 0.449. The molecule has 1 unspecified atom stereocenters. The van der Waals surface area contributed by atoms with Gasteiger partial charge in [0.2, 0.25) is 5.95 Å². The van der Waals surface area contributed by atoms with E-state index in [0.717, 1.165) is 23.1 Å². The van der Waals surface area contributed by atoms with Crippen molar-refractivity contribution in [2.45, 2.75) is 26.4 Å². The maximum atomic E-state index is 6.07. The first kappa shape index (κ1) is 11.8. The summed E-state index contributed by atoms with van der Waals surface area (Å²) in [7, 11) is 0. The predicted molar refractivity (Wildman–Crippen MR) is 75.8 cm³/mol. The average molecular weight is 255 g/mol. The molecule has 0 aliphatic carbocycles. The highest BCUT2D eigenvalue weighted by atomic mass is 15.3. The van der Waals surface area contributed by atoms with Crippen LogP contribution in [0.3, 0.4) is 0 Å². The highest BCUT2D eigenvalue weighted by molar-refractivity contribution is 5.81. The number of rotatable bonds is 3. The summed E-state index contributed by atoms with van der Waals surface area (Å²) < 4.78 is 3.98. The average Bonchev–Trinajstić information content (AvgIpc) is 2.96. The third-order valence-electron chi connectivity index (χ3n) is 3.40. The van der Waals surface area contributed by atoms with Crippen LogP contribution in [0.5, 0.6) is 0 Å². The smallest absolute Gasteiger partial charge is 0.201 e. The first-order valence-corrected chi connectivity index (χ1v) is 6.37. The van der Waals surface area contributed by atoms with Crippen molar-refractivity contribution in [1.82, 2.24) is 19.3 Å². The highest BCUT2D eigenvalue weighted by Gasteiger charge is 2.15. The molecule has 98 valence electrons. The lowest BCUT2D eigenvalue weighted by Gasteiger charge is -2.16. The zero-order chi connectivity index (χ0) is 13.4. The molecule has 2 heterocycles. The van der Waals surface area contributed by atoms with Gasteiger partial charge in [0, 0.05) is 12.4 Å². The molecule has 0 fully saturated rings. The molecule has 3 aromatic rings. The summed E-state index contributed by atoms with van der Waals surface area (Å²) in [6, 6.07) is 8.27. The number of hydrogen-bond donors (Lipinski definition) is 1. The molecule has 2 N–H and O–H groups in total. The molecule has 0 saturated heterocycles. The number of benzene rings is 1. The minimum atomic E-state index is 0.201. The molecule has 0 radical (unpaired) electrons. The summed E-state index contributed by atoms with van der Waals surface area (Å²) in [4.78, 5) is 4.47. The van der Waals surface area contributed by atoms with Crippen LogP contribution in [0.1, 0.15) is 18.5 Å². The van der Waals surface area contributed by atoms with Gasteiger partial charge in [0.25, 0.3) is 0 Å². The Morgan fingerprint density at radius 3 is 2.89 bits per heavy atom. The Bertz CT molecular complexity index is 696. The van der Waals surface area contributed by atoms with Crippen LogP contribution in [0.4, 0.5) is 5.95 Å². The van der Waals surface area contributed by atoms with E-state index >= 15 is 0 Å². The van der Waals surface area contributed by atoms with Crippen molar-refractivity contribution in [3.63, 3.8) is 0 Å². The fourth-order valence-electron chi connectivity index (χ4n) is 2.50. The first-order chi connectivity index (χ1) is 9.16. The number of imidazole rings is 1. The van der Waals surface area contributed by atoms with Gasteiger partial charge < -0.3 is 10.3 Å². The number of nitrogens with two attached hydrogens (primary N) is 1. The molecular formula is C14H17N5. The van der Waals surface area contributed by atoms with E-state index in [-0.39, 0.29) is 6.04 Å². The van der Waals surface area contributed by atoms with Gasteiger partial charge in [0.05, 0.1) is 23.6 Å². The van der Waals surface area contributed by atoms with Crippen LogP contribution in [0, 0.1) is 6.92 Å². The van der Waals surface area contributed by atoms with Crippen molar-refractivity contribution in [3.05, 3.63) is 42.2 Å². The van der Waals surface area contributed by atoms with Crippen molar-refractivity contribution in [3.8, 4) is 0 Å². The summed E-state index contributed by atoms with van der Waals surface area (Å²) in [5, 5.41) is 4.24. The summed E-state index contributed by atoms with van der Waals surface area (Å²) >= 11 is 0. The Morgan fingerprint density at radius 1 is 1.32 bits per heavy atom. The molecule has 5 heteroatoms. The molecule has 0 bridgehead atoms. The second-order valence-corrected chi connectivity index (χ2v) is 4.86. The van der Waals surface area contributed by atoms with Gasteiger partial charge in [-0.1, -0.05) is 12.1 Å². The molecular weight excluding hydrogens is 238 g/mol. The molecule has 1 atom stereocenters. The zero-order valence-electron chi connectivity index (χ0n) is 11.1. The van der Waals surface area contributed by atoms with Gasteiger partial charge in [0.1, 0.15) is 0 Å². The highest BCUT2D eigenvalue weighted by Crippen LogP contribution is 2.25. The quantitative estimate of drug-likeness (QED) is 0.781. The van der Waals surface area contributed by atoms with E-state index in [1.807, 2.05) is 23.0 Å². The zero-order valence-corrected chi connectivity index (χ0v) is 11.1. The van der Waals surface area contributed by atoms with Crippen molar-refractivity contribution in [2.75, 3.05) is 5.73 Å². The Labute approximate surface area is 111 Å². The number of nitrogens with zero attached hydrogens (tertiary/aromatic N) is 4. The molecule has 5 nitrogen and oxygen atoms in total. The van der Waals surface area contributed by atoms with Crippen LogP contribution in [0.25, 0.3) is 11.0 Å². The number of aryl methyl sites for hydroxylation is 1. The van der Waals surface area contributed by atoms with Crippen molar-refractivity contribution in [1.29, 1.82) is 0 Å². The van der Waals surface area contributed by atoms with Gasteiger partial charge in [-0.25, -0.2) is 4.98 Å². The third kappa shape index (κ3) is 1.97. The SMILES string of the molecule is Cc1cccc2c1nc(N)n2C(C)Cn1cccn1. The van der Waals surface area contributed by atoms with Crippen molar-refractivity contribution in [2.24, 2.45) is 0 Å². The van der Waals surface area contributed by atoms with Gasteiger partial charge in [-0.2, -0.15) is 5.10 Å². The molecule has 1 aromatic carbocycles. The second kappa shape index (κ2) is 4.42. The van der Waals surface area contributed by atoms with E-state index in [1.54, 1.807) is 6.20 Å². The van der Waals surface area contributed by atoms with Gasteiger partial charge in [-0.15, -0.1) is 0 Å². The molecule has 0 aliphatic rings. The largest absolute Gasteiger partial charge is 0.369 e. The van der Waals surface area contributed by atoms with Crippen molar-refractivity contribution < 1.29 is 0 Å². The number of aromatic nitrogens is 4. The fourth-order valence-corrected chi connectivity index (χ4v) is 2.50. The molecule has 19 heavy (non-hydrogen) atoms. The summed E-state index contributed by atoms with van der Waals surface area (Å²) in [5.41, 5.74) is 9.28. The van der Waals surface area contributed by atoms with E-state index < -0.39 is 0 Å². The minimum Gasteiger partial charge on any atom is -0.369 e. The van der Waals surface area contributed by atoms with Gasteiger partial charge in [0.15, 0.2) is 0 Å². The van der Waals surface area contributed by atoms with Gasteiger partial charge in [-0.3, -0.25) is 4.68 Å². The molecule has 2 aromatic heterocycles. The van der Waals surface area contributed by atoms with Crippen LogP contribution < -0.4 is 5.73 Å². The Kier molecular flexibility index (Phi) is 2.74. The Hall–Kier alpha value is -2.30. The minimum absolute atomic E-state index is 0.201. The van der Waals surface area contributed by atoms with Crippen molar-refractivity contribution >= 4 is 17.0 Å². The maximum Gasteiger partial charge on any atom is 0.201 e. The summed E-state index contributed by atoms with van der Waals surface area (Å²) in [6.45, 7) is 4.95. The monoisotopic (exact) mass is 255 g/mol. The molecule has 0 aliphatic heterocycles. The van der Waals surface area contributed by atoms with E-state index in [2.05, 4.69) is 40.6 Å². The lowest BCUT2D eigenvalue weighted by atomic mass is 10.2. The van der Waals surface area contributed by atoms with Crippen LogP contribution in [-0.2, 0) is 6.54 Å². The number of nitrogen functional groups attached to an aromatic ring is 1. The number of para-hydroxylation sites is 1. The van der Waals surface area contributed by atoms with E-state index in [0.29, 0.717) is 5.95 Å². The van der Waals surface area contributed by atoms with Crippen LogP contribution in [-0.4, -0.2) is 19.3 Å². The molecule has 0 spiro atoms. The number of anilines is 1. The number of fused-ring (bicyclic) bond motifs is 1. The van der Waals surface area contributed by atoms with Gasteiger partial charge in [-0.05, 0) is 31.5 Å². The summed E-state index contributed by atoms with van der Waals surface area (Å²) in [5.74, 6) is 0.559. The second-order valence-electron chi connectivity index (χ2n) is 4.86. The predicted octanol–water partition coefficient (Wildman–Crippen LogP) is 2.38. The standard InChI is InChI=1S/C14H17N5/c1-10-5-3-6-12-13(10)17-14(15)19(12)11(2)9-18-8-4-7-16-18/h3-8,11H,9H2,1-2H3,(H2,15,17). The maximum absolute atomic E-state index is 6.07. The lowest BCUT2D eigenvalue weighted by Crippen LogP contribution is -2.15. The van der Waals surface area contributed by atoms with Gasteiger partial charge >= 0.3 is 0 Å². The Morgan fingerprint density at radius 2 is 2.16 bits per heavy atom. The topological polar surface area (TPSA) is 61.7 Å². The fraction of sp³-hybridized carbons (Fsp3) is 0.286. The van der Waals surface area contributed by atoms with Crippen LogP contribution in [0.2, 0.25) is 0 Å². The third-order valence-corrected chi connectivity index (χ3v) is 3.40. The molecule has 3 rings (SSSR count). The first-order valence-electron chi connectivity index (χ1n) is 6.37. The molecule has 0 amide bonds. The Balaban J connectivity index is 2.04. The molecule has 0 saturated carbocycles. The van der Waals surface area contributed by atoms with Crippen LogP contribution >= 0.6 is 0 Å². The van der Waals surface area contributed by atoms with E-state index in [9.17, 15) is 0 Å². The summed E-state index contributed by atoms with van der Waals surface area (Å²) in [6.07, 6.45) is 3.74. The number of hydrogen-bond acceptors (Lipinski definition) is 3. The normalized spacial score (nSPS) is 12.9.